The van der Waals surface area contributed by atoms with Gasteiger partial charge < -0.3 is 29.3 Å². The molecular weight excluding hydrogens is 619 g/mol. The second-order valence-corrected chi connectivity index (χ2v) is 13.3. The lowest BCUT2D eigenvalue weighted by Gasteiger charge is -2.33. The molecule has 3 atom stereocenters. The number of fused-ring (bicyclic) bond motifs is 1. The lowest BCUT2D eigenvalue weighted by molar-refractivity contribution is -0.139. The first-order chi connectivity index (χ1) is 20.6. The van der Waals surface area contributed by atoms with Crippen LogP contribution < -0.4 is 10.1 Å². The van der Waals surface area contributed by atoms with Gasteiger partial charge >= 0.3 is 7.60 Å². The van der Waals surface area contributed by atoms with Gasteiger partial charge in [-0.05, 0) is 44.9 Å². The van der Waals surface area contributed by atoms with Gasteiger partial charge in [-0.2, -0.15) is 0 Å². The van der Waals surface area contributed by atoms with Crippen molar-refractivity contribution >= 4 is 47.7 Å². The number of hydrogen-bond acceptors (Lipinski definition) is 5. The second kappa shape index (κ2) is 13.0. The molecule has 2 heterocycles. The maximum Gasteiger partial charge on any atom is 0.368 e. The Balaban J connectivity index is 1.61. The smallest absolute Gasteiger partial charge is 0.368 e. The predicted molar refractivity (Wildman–Crippen MR) is 161 cm³/mol. The molecule has 0 unspecified atom stereocenters. The summed E-state index contributed by atoms with van der Waals surface area (Å²) in [4.78, 5) is 60.3. The van der Waals surface area contributed by atoms with Crippen LogP contribution in [0.1, 0.15) is 68.9 Å². The third-order valence-corrected chi connectivity index (χ3v) is 10.2. The molecule has 1 saturated heterocycles. The van der Waals surface area contributed by atoms with Gasteiger partial charge in [0, 0.05) is 35.2 Å². The molecule has 0 aliphatic carbocycles. The molecule has 3 N–H and O–H groups in total. The Labute approximate surface area is 258 Å². The molecule has 238 valence electrons. The van der Waals surface area contributed by atoms with Gasteiger partial charge in [0.05, 0.1) is 23.1 Å². The molecule has 4 rings (SSSR count). The Bertz CT molecular complexity index is 1640. The Morgan fingerprint density at radius 1 is 1.20 bits per heavy atom. The quantitative estimate of drug-likeness (QED) is 0.183. The number of nitrogens with one attached hydrogen (secondary N) is 1. The van der Waals surface area contributed by atoms with E-state index in [9.17, 15) is 37.5 Å². The van der Waals surface area contributed by atoms with Crippen molar-refractivity contribution in [3.63, 3.8) is 0 Å². The van der Waals surface area contributed by atoms with E-state index in [2.05, 4.69) is 5.32 Å². The summed E-state index contributed by atoms with van der Waals surface area (Å²) >= 11 is 5.86. The molecule has 0 bridgehead atoms. The summed E-state index contributed by atoms with van der Waals surface area (Å²) in [6.45, 7) is 5.41. The molecule has 1 aliphatic heterocycles. The first-order valence-electron chi connectivity index (χ1n) is 14.2. The standard InChI is InChI=1S/C30H35ClF2N3O7P/c1-5-30(6-2,44(40,41)42)43-20-10-11-22-23(18(4)37)15-35(25(22)13-20)16-27(38)36-14-19(32)12-26(36)29(39)34-17(3)21-8-7-9-24(31)28(21)33/h7-11,13,15,17,19,26H,5-6,12,14,16H2,1-4H3,(H,34,39)(H2,40,41,42)/t17-,19-,26+/m1/s1. The Morgan fingerprint density at radius 3 is 2.50 bits per heavy atom. The average molecular weight is 654 g/mol. The third-order valence-electron chi connectivity index (χ3n) is 8.16. The molecule has 0 saturated carbocycles. The number of Topliss-reactive ketones (excluding diaryl/α,β-unsaturated/α-hetero) is 1. The fourth-order valence-electron chi connectivity index (χ4n) is 5.62. The van der Waals surface area contributed by atoms with Crippen molar-refractivity contribution in [3.8, 4) is 5.75 Å². The highest BCUT2D eigenvalue weighted by molar-refractivity contribution is 7.53. The lowest BCUT2D eigenvalue weighted by Crippen LogP contribution is -2.47. The van der Waals surface area contributed by atoms with E-state index in [4.69, 9.17) is 16.3 Å². The largest absolute Gasteiger partial charge is 0.475 e. The van der Waals surface area contributed by atoms with Gasteiger partial charge in [-0.15, -0.1) is 0 Å². The molecule has 44 heavy (non-hydrogen) atoms. The van der Waals surface area contributed by atoms with E-state index < -0.39 is 48.8 Å². The third kappa shape index (κ3) is 6.54. The zero-order valence-electron chi connectivity index (χ0n) is 24.7. The summed E-state index contributed by atoms with van der Waals surface area (Å²) in [5.74, 6) is -2.11. The van der Waals surface area contributed by atoms with Gasteiger partial charge in [0.25, 0.3) is 0 Å². The Morgan fingerprint density at radius 2 is 1.89 bits per heavy atom. The maximum absolute atomic E-state index is 14.6. The lowest BCUT2D eigenvalue weighted by atomic mass is 10.1. The molecule has 0 spiro atoms. The highest BCUT2D eigenvalue weighted by Gasteiger charge is 2.46. The molecule has 3 aromatic rings. The maximum atomic E-state index is 14.6. The predicted octanol–water partition coefficient (Wildman–Crippen LogP) is 5.53. The number of alkyl halides is 1. The summed E-state index contributed by atoms with van der Waals surface area (Å²) in [6, 6.07) is 6.95. The van der Waals surface area contributed by atoms with Crippen LogP contribution in [0.2, 0.25) is 5.02 Å². The second-order valence-electron chi connectivity index (χ2n) is 11.0. The van der Waals surface area contributed by atoms with E-state index in [1.54, 1.807) is 26.8 Å². The van der Waals surface area contributed by atoms with E-state index in [0.717, 1.165) is 4.90 Å². The summed E-state index contributed by atoms with van der Waals surface area (Å²) in [5, 5.41) is 1.24. The fourth-order valence-corrected chi connectivity index (χ4v) is 6.85. The minimum Gasteiger partial charge on any atom is -0.475 e. The summed E-state index contributed by atoms with van der Waals surface area (Å²) in [6.07, 6.45) is -0.201. The van der Waals surface area contributed by atoms with E-state index in [-0.39, 0.29) is 54.5 Å². The number of ketones is 1. The number of ether oxygens (including phenoxy) is 1. The van der Waals surface area contributed by atoms with Crippen LogP contribution in [-0.2, 0) is 20.7 Å². The van der Waals surface area contributed by atoms with Crippen molar-refractivity contribution < 1.29 is 42.3 Å². The Kier molecular flexibility index (Phi) is 9.90. The molecule has 0 radical (unpaired) electrons. The number of nitrogens with zero attached hydrogens (tertiary/aromatic N) is 2. The number of carbonyl (C=O) groups excluding carboxylic acids is 3. The van der Waals surface area contributed by atoms with Gasteiger partial charge in [0.15, 0.2) is 5.78 Å². The molecule has 2 amide bonds. The highest BCUT2D eigenvalue weighted by Crippen LogP contribution is 2.55. The Hall–Kier alpha value is -3.31. The minimum atomic E-state index is -4.69. The van der Waals surface area contributed by atoms with E-state index in [0.29, 0.717) is 16.5 Å². The van der Waals surface area contributed by atoms with Crippen molar-refractivity contribution in [2.75, 3.05) is 6.54 Å². The summed E-state index contributed by atoms with van der Waals surface area (Å²) in [7, 11) is -4.69. The molecule has 1 aliphatic rings. The van der Waals surface area contributed by atoms with Crippen molar-refractivity contribution in [2.45, 2.75) is 77.1 Å². The molecule has 14 heteroatoms. The summed E-state index contributed by atoms with van der Waals surface area (Å²) < 4.78 is 48.8. The highest BCUT2D eigenvalue weighted by atomic mass is 35.5. The zero-order valence-corrected chi connectivity index (χ0v) is 26.4. The average Bonchev–Trinajstić information content (AvgIpc) is 3.53. The van der Waals surface area contributed by atoms with Crippen LogP contribution in [0.3, 0.4) is 0 Å². The van der Waals surface area contributed by atoms with Crippen LogP contribution >= 0.6 is 19.2 Å². The van der Waals surface area contributed by atoms with Crippen molar-refractivity contribution in [1.29, 1.82) is 0 Å². The van der Waals surface area contributed by atoms with Crippen molar-refractivity contribution in [2.24, 2.45) is 0 Å². The van der Waals surface area contributed by atoms with Crippen molar-refractivity contribution in [3.05, 3.63) is 64.6 Å². The molecule has 1 fully saturated rings. The van der Waals surface area contributed by atoms with E-state index >= 15 is 0 Å². The van der Waals surface area contributed by atoms with E-state index in [1.165, 1.54) is 48.0 Å². The zero-order chi connectivity index (χ0) is 32.6. The molecular formula is C30H35ClF2N3O7P. The number of aromatic nitrogens is 1. The van der Waals surface area contributed by atoms with Crippen LogP contribution in [0.15, 0.2) is 42.6 Å². The van der Waals surface area contributed by atoms with Gasteiger partial charge in [0.1, 0.15) is 30.3 Å². The number of likely N-dealkylation sites (tertiary alicyclic amines) is 1. The molecule has 2 aromatic carbocycles. The first-order valence-corrected chi connectivity index (χ1v) is 16.2. The van der Waals surface area contributed by atoms with Gasteiger partial charge in [-0.3, -0.25) is 18.9 Å². The topological polar surface area (TPSA) is 138 Å². The van der Waals surface area contributed by atoms with Crippen LogP contribution in [0.5, 0.6) is 5.75 Å². The van der Waals surface area contributed by atoms with Gasteiger partial charge in [0.2, 0.25) is 17.2 Å². The molecule has 10 nitrogen and oxygen atoms in total. The van der Waals surface area contributed by atoms with Crippen LogP contribution in [0.4, 0.5) is 8.78 Å². The van der Waals surface area contributed by atoms with Gasteiger partial charge in [-0.25, -0.2) is 8.78 Å². The van der Waals surface area contributed by atoms with Crippen LogP contribution in [-0.4, -0.2) is 61.0 Å². The van der Waals surface area contributed by atoms with Crippen LogP contribution in [0.25, 0.3) is 10.9 Å². The van der Waals surface area contributed by atoms with E-state index in [1.807, 2.05) is 0 Å². The number of benzene rings is 2. The number of hydrogen-bond donors (Lipinski definition) is 3. The number of amides is 2. The summed E-state index contributed by atoms with van der Waals surface area (Å²) in [5.41, 5.74) is 0.805. The number of halogens is 3. The monoisotopic (exact) mass is 653 g/mol. The SMILES string of the molecule is CCC(CC)(Oc1ccc2c(C(C)=O)cn(CC(=O)N3C[C@H](F)C[C@H]3C(=O)N[C@H](C)c3cccc(Cl)c3F)c2c1)P(=O)(O)O. The number of rotatable bonds is 11. The van der Waals surface area contributed by atoms with Gasteiger partial charge in [-0.1, -0.05) is 37.6 Å². The number of carbonyl (C=O) groups is 3. The molecule has 1 aromatic heterocycles. The first kappa shape index (κ1) is 33.6. The minimum absolute atomic E-state index is 0.0232. The van der Waals surface area contributed by atoms with Crippen LogP contribution in [0, 0.1) is 5.82 Å². The van der Waals surface area contributed by atoms with Crippen molar-refractivity contribution in [1.82, 2.24) is 14.8 Å². The fraction of sp³-hybridized carbons (Fsp3) is 0.433. The normalized spacial score (nSPS) is 18.0.